The van der Waals surface area contributed by atoms with E-state index in [1.807, 2.05) is 4.72 Å². The summed E-state index contributed by atoms with van der Waals surface area (Å²) in [6.45, 7) is 5.08. The van der Waals surface area contributed by atoms with Crippen LogP contribution in [0.2, 0.25) is 5.02 Å². The fourth-order valence-electron chi connectivity index (χ4n) is 3.36. The van der Waals surface area contributed by atoms with E-state index in [2.05, 4.69) is 6.58 Å². The number of allylic oxidation sites excluding steroid dienone is 3. The lowest BCUT2D eigenvalue weighted by Crippen LogP contribution is -2.28. The van der Waals surface area contributed by atoms with E-state index in [0.717, 1.165) is 17.0 Å². The van der Waals surface area contributed by atoms with Crippen LogP contribution < -0.4 is 4.72 Å². The molecule has 0 aliphatic carbocycles. The van der Waals surface area contributed by atoms with Gasteiger partial charge in [0.05, 0.1) is 45.1 Å². The number of ether oxygens (including phenoxy) is 1. The Hall–Kier alpha value is -3.64. The van der Waals surface area contributed by atoms with E-state index in [0.29, 0.717) is 12.1 Å². The second-order valence-corrected chi connectivity index (χ2v) is 9.29. The summed E-state index contributed by atoms with van der Waals surface area (Å²) in [5.41, 5.74) is -2.87. The van der Waals surface area contributed by atoms with E-state index in [1.54, 1.807) is 0 Å². The molecule has 0 unspecified atom stereocenters. The Bertz CT molecular complexity index is 1450. The number of methoxy groups -OCH3 is 1. The number of sulfonamides is 1. The van der Waals surface area contributed by atoms with Crippen LogP contribution >= 0.6 is 11.6 Å². The van der Waals surface area contributed by atoms with Gasteiger partial charge in [-0.2, -0.15) is 13.2 Å². The van der Waals surface area contributed by atoms with Crippen molar-refractivity contribution in [3.8, 4) is 0 Å². The monoisotopic (exact) mass is 544 g/mol. The maximum Gasteiger partial charge on any atom is 0.419 e. The fourth-order valence-corrected chi connectivity index (χ4v) is 4.70. The molecular weight excluding hydrogens is 528 g/mol. The van der Waals surface area contributed by atoms with Crippen LogP contribution in [0.1, 0.15) is 33.2 Å². The minimum atomic E-state index is -5.15. The Labute approximate surface area is 208 Å². The topological polar surface area (TPSA) is 92.8 Å². The Morgan fingerprint density at radius 3 is 2.33 bits per heavy atom. The van der Waals surface area contributed by atoms with Crippen molar-refractivity contribution in [2.24, 2.45) is 0 Å². The first kappa shape index (κ1) is 27.0. The molecule has 7 nitrogen and oxygen atoms in total. The predicted octanol–water partition coefficient (Wildman–Crippen LogP) is 5.51. The van der Waals surface area contributed by atoms with Gasteiger partial charge in [0, 0.05) is 6.08 Å². The van der Waals surface area contributed by atoms with Gasteiger partial charge in [0.1, 0.15) is 11.6 Å². The van der Waals surface area contributed by atoms with Gasteiger partial charge in [-0.1, -0.05) is 24.3 Å². The van der Waals surface area contributed by atoms with E-state index in [-0.39, 0.29) is 28.1 Å². The molecule has 0 spiro atoms. The minimum absolute atomic E-state index is 0.0659. The average Bonchev–Trinajstić information content (AvgIpc) is 3.07. The summed E-state index contributed by atoms with van der Waals surface area (Å²) in [4.78, 5) is 26.2. The largest absolute Gasteiger partial charge is 0.497 e. The first-order chi connectivity index (χ1) is 16.8. The molecule has 13 heteroatoms. The molecule has 3 rings (SSSR count). The summed E-state index contributed by atoms with van der Waals surface area (Å²) >= 11 is 6.13. The van der Waals surface area contributed by atoms with Crippen LogP contribution in [0.4, 0.5) is 23.2 Å². The molecular formula is C23H17ClF4N2O5S. The SMILES string of the molecule is C=C/C(=C\C(=C/C)N1C(=O)c2c(Cl)ccc(NS(=O)(=O)c3ccc(F)c(C(F)(F)F)c3)c2C1=O)OC. The Kier molecular flexibility index (Phi) is 7.32. The smallest absolute Gasteiger partial charge is 0.419 e. The third-order valence-corrected chi connectivity index (χ3v) is 6.75. The summed E-state index contributed by atoms with van der Waals surface area (Å²) in [6, 6.07) is 3.34. The lowest BCUT2D eigenvalue weighted by Gasteiger charge is -2.16. The van der Waals surface area contributed by atoms with Gasteiger partial charge in [-0.25, -0.2) is 17.7 Å². The highest BCUT2D eigenvalue weighted by Gasteiger charge is 2.42. The summed E-state index contributed by atoms with van der Waals surface area (Å²) in [5.74, 6) is -3.27. The van der Waals surface area contributed by atoms with Crippen LogP contribution in [-0.2, 0) is 20.9 Å². The van der Waals surface area contributed by atoms with Crippen molar-refractivity contribution in [2.45, 2.75) is 18.0 Å². The number of imide groups is 1. The molecule has 0 aromatic heterocycles. The molecule has 1 aliphatic rings. The van der Waals surface area contributed by atoms with Crippen LogP contribution in [-0.4, -0.2) is 32.2 Å². The average molecular weight is 545 g/mol. The highest BCUT2D eigenvalue weighted by Crippen LogP contribution is 2.38. The molecule has 2 amide bonds. The summed E-state index contributed by atoms with van der Waals surface area (Å²) in [5, 5.41) is -0.162. The van der Waals surface area contributed by atoms with Gasteiger partial charge < -0.3 is 4.74 Å². The van der Waals surface area contributed by atoms with Gasteiger partial charge in [-0.3, -0.25) is 14.3 Å². The van der Waals surface area contributed by atoms with Crippen LogP contribution in [0.5, 0.6) is 0 Å². The van der Waals surface area contributed by atoms with Gasteiger partial charge in [-0.05, 0) is 43.3 Å². The minimum Gasteiger partial charge on any atom is -0.497 e. The number of hydrogen-bond acceptors (Lipinski definition) is 5. The number of hydrogen-bond donors (Lipinski definition) is 1. The van der Waals surface area contributed by atoms with E-state index < -0.39 is 55.5 Å². The first-order valence-corrected chi connectivity index (χ1v) is 11.8. The maximum absolute atomic E-state index is 13.6. The Morgan fingerprint density at radius 1 is 1.14 bits per heavy atom. The molecule has 0 saturated heterocycles. The number of carbonyl (C=O) groups excluding carboxylic acids is 2. The van der Waals surface area contributed by atoms with Crippen molar-refractivity contribution < 1.29 is 40.3 Å². The molecule has 0 radical (unpaired) electrons. The van der Waals surface area contributed by atoms with Gasteiger partial charge >= 0.3 is 6.18 Å². The highest BCUT2D eigenvalue weighted by atomic mass is 35.5. The molecule has 1 N–H and O–H groups in total. The van der Waals surface area contributed by atoms with Gasteiger partial charge in [0.2, 0.25) is 0 Å². The van der Waals surface area contributed by atoms with Crippen LogP contribution in [0, 0.1) is 5.82 Å². The van der Waals surface area contributed by atoms with Crippen LogP contribution in [0.15, 0.2) is 71.5 Å². The molecule has 2 aromatic carbocycles. The molecule has 0 fully saturated rings. The fraction of sp³-hybridized carbons (Fsp3) is 0.130. The quantitative estimate of drug-likeness (QED) is 0.215. The number of nitrogens with zero attached hydrogens (tertiary/aromatic N) is 1. The number of halogens is 5. The number of carbonyl (C=O) groups is 2. The summed E-state index contributed by atoms with van der Waals surface area (Å²) in [6.07, 6.45) is -1.07. The number of amides is 2. The van der Waals surface area contributed by atoms with Gasteiger partial charge in [-0.15, -0.1) is 0 Å². The van der Waals surface area contributed by atoms with E-state index in [9.17, 15) is 35.6 Å². The van der Waals surface area contributed by atoms with Crippen molar-refractivity contribution in [1.29, 1.82) is 0 Å². The zero-order valence-electron chi connectivity index (χ0n) is 18.6. The molecule has 1 heterocycles. The molecule has 0 saturated carbocycles. The van der Waals surface area contributed by atoms with Gasteiger partial charge in [0.25, 0.3) is 21.8 Å². The second-order valence-electron chi connectivity index (χ2n) is 7.20. The molecule has 36 heavy (non-hydrogen) atoms. The maximum atomic E-state index is 13.6. The third kappa shape index (κ3) is 4.86. The van der Waals surface area contributed by atoms with Gasteiger partial charge in [0.15, 0.2) is 0 Å². The van der Waals surface area contributed by atoms with E-state index in [1.165, 1.54) is 32.3 Å². The van der Waals surface area contributed by atoms with E-state index >= 15 is 0 Å². The number of anilines is 1. The van der Waals surface area contributed by atoms with Crippen LogP contribution in [0.25, 0.3) is 0 Å². The number of alkyl halides is 3. The van der Waals surface area contributed by atoms with E-state index in [4.69, 9.17) is 16.3 Å². The Balaban J connectivity index is 2.10. The zero-order chi connectivity index (χ0) is 27.0. The first-order valence-electron chi connectivity index (χ1n) is 9.92. The number of benzene rings is 2. The standard InChI is InChI=1S/C23H17ClF4N2O5S/c1-4-12(10-13(5-2)35-3)30-21(31)19-16(24)7-9-18(20(19)22(30)32)29-36(33,34)14-6-8-17(25)15(11-14)23(26,27)28/h4-11,29H,2H2,1,3H3/b12-4+,13-10+. The molecule has 2 aromatic rings. The van der Waals surface area contributed by atoms with Crippen molar-refractivity contribution >= 4 is 39.1 Å². The molecule has 0 atom stereocenters. The number of rotatable bonds is 7. The number of nitrogens with one attached hydrogen (secondary N) is 1. The summed E-state index contributed by atoms with van der Waals surface area (Å²) < 4.78 is 85.7. The van der Waals surface area contributed by atoms with Crippen molar-refractivity contribution in [3.05, 3.63) is 94.1 Å². The Morgan fingerprint density at radius 2 is 1.78 bits per heavy atom. The van der Waals surface area contributed by atoms with Crippen molar-refractivity contribution in [1.82, 2.24) is 4.90 Å². The third-order valence-electron chi connectivity index (χ3n) is 5.07. The molecule has 1 aliphatic heterocycles. The van der Waals surface area contributed by atoms with Crippen LogP contribution in [0.3, 0.4) is 0 Å². The second kappa shape index (κ2) is 9.78. The highest BCUT2D eigenvalue weighted by molar-refractivity contribution is 7.92. The van der Waals surface area contributed by atoms with Crippen molar-refractivity contribution in [3.63, 3.8) is 0 Å². The normalized spacial score (nSPS) is 14.7. The predicted molar refractivity (Wildman–Crippen MR) is 123 cm³/mol. The summed E-state index contributed by atoms with van der Waals surface area (Å²) in [7, 11) is -3.42. The zero-order valence-corrected chi connectivity index (χ0v) is 20.2. The van der Waals surface area contributed by atoms with Crippen molar-refractivity contribution in [2.75, 3.05) is 11.8 Å². The lowest BCUT2D eigenvalue weighted by molar-refractivity contribution is -0.140. The lowest BCUT2D eigenvalue weighted by atomic mass is 10.1. The number of fused-ring (bicyclic) bond motifs is 1. The molecule has 190 valence electrons. The molecule has 0 bridgehead atoms.